The average Bonchev–Trinajstić information content (AvgIpc) is 2.63. The molecule has 2 amide bonds. The van der Waals surface area contributed by atoms with E-state index in [1.54, 1.807) is 41.9 Å². The normalized spacial score (nSPS) is 15.5. The highest BCUT2D eigenvalue weighted by atomic mass is 16.6. The molecule has 0 unspecified atom stereocenters. The zero-order valence-electron chi connectivity index (χ0n) is 17.2. The van der Waals surface area contributed by atoms with Crippen LogP contribution in [0, 0.1) is 0 Å². The molecule has 0 saturated carbocycles. The number of ether oxygens (including phenoxy) is 3. The van der Waals surface area contributed by atoms with E-state index in [1.165, 1.54) is 0 Å². The standard InChI is InChI=1S/C19H29N3O6/c1-11(2)21(18(23)24)22(12(3)4)19(25)28-14-7-13-8-16(26-5)17(27-6)9-15(13)20-10-14/h8-9,11-12,14,20H,7,10H2,1-6H3,(H,23,24)/t14-/m1/s1. The largest absolute Gasteiger partial charge is 0.493 e. The first-order valence-electron chi connectivity index (χ1n) is 9.20. The summed E-state index contributed by atoms with van der Waals surface area (Å²) in [6, 6.07) is 2.91. The molecular formula is C19H29N3O6. The van der Waals surface area contributed by atoms with Crippen LogP contribution in [0.1, 0.15) is 33.3 Å². The van der Waals surface area contributed by atoms with Crippen molar-refractivity contribution in [3.8, 4) is 11.5 Å². The summed E-state index contributed by atoms with van der Waals surface area (Å²) in [5.74, 6) is 1.21. The van der Waals surface area contributed by atoms with Gasteiger partial charge in [0.1, 0.15) is 6.10 Å². The van der Waals surface area contributed by atoms with E-state index in [4.69, 9.17) is 14.2 Å². The Morgan fingerprint density at radius 2 is 1.64 bits per heavy atom. The number of carboxylic acid groups (broad SMARTS) is 1. The van der Waals surface area contributed by atoms with E-state index in [-0.39, 0.29) is 6.04 Å². The van der Waals surface area contributed by atoms with E-state index in [2.05, 4.69) is 5.32 Å². The van der Waals surface area contributed by atoms with Crippen molar-refractivity contribution in [3.63, 3.8) is 0 Å². The van der Waals surface area contributed by atoms with Gasteiger partial charge in [0, 0.05) is 18.2 Å². The maximum absolute atomic E-state index is 12.8. The number of amides is 2. The molecule has 0 aromatic heterocycles. The minimum absolute atomic E-state index is 0.376. The fraction of sp³-hybridized carbons (Fsp3) is 0.579. The molecule has 2 N–H and O–H groups in total. The summed E-state index contributed by atoms with van der Waals surface area (Å²) in [7, 11) is 3.13. The smallest absolute Gasteiger partial charge is 0.429 e. The third-order valence-corrected chi connectivity index (χ3v) is 4.44. The van der Waals surface area contributed by atoms with Crippen molar-refractivity contribution in [2.75, 3.05) is 26.1 Å². The molecule has 1 atom stereocenters. The van der Waals surface area contributed by atoms with Crippen molar-refractivity contribution in [1.29, 1.82) is 0 Å². The van der Waals surface area contributed by atoms with Gasteiger partial charge < -0.3 is 24.6 Å². The summed E-state index contributed by atoms with van der Waals surface area (Å²) < 4.78 is 16.3. The highest BCUT2D eigenvalue weighted by Gasteiger charge is 2.34. The number of methoxy groups -OCH3 is 2. The zero-order chi connectivity index (χ0) is 21.0. The monoisotopic (exact) mass is 395 g/mol. The number of rotatable bonds is 5. The predicted molar refractivity (Wildman–Crippen MR) is 104 cm³/mol. The first-order valence-corrected chi connectivity index (χ1v) is 9.20. The van der Waals surface area contributed by atoms with Gasteiger partial charge in [0.15, 0.2) is 11.5 Å². The van der Waals surface area contributed by atoms with Gasteiger partial charge in [0.05, 0.1) is 32.8 Å². The van der Waals surface area contributed by atoms with Gasteiger partial charge in [-0.25, -0.2) is 19.6 Å². The predicted octanol–water partition coefficient (Wildman–Crippen LogP) is 3.19. The van der Waals surface area contributed by atoms with Crippen molar-refractivity contribution in [1.82, 2.24) is 10.0 Å². The van der Waals surface area contributed by atoms with Crippen LogP contribution in [0.2, 0.25) is 0 Å². The Morgan fingerprint density at radius 1 is 1.07 bits per heavy atom. The molecule has 0 radical (unpaired) electrons. The van der Waals surface area contributed by atoms with Crippen LogP contribution >= 0.6 is 0 Å². The second-order valence-electron chi connectivity index (χ2n) is 7.11. The molecule has 1 heterocycles. The second kappa shape index (κ2) is 8.90. The fourth-order valence-electron chi connectivity index (χ4n) is 3.19. The Labute approximate surface area is 165 Å². The molecule has 1 aromatic rings. The highest BCUT2D eigenvalue weighted by molar-refractivity contribution is 5.74. The van der Waals surface area contributed by atoms with Crippen LogP contribution in [0.4, 0.5) is 15.3 Å². The lowest BCUT2D eigenvalue weighted by Crippen LogP contribution is -2.56. The van der Waals surface area contributed by atoms with Crippen molar-refractivity contribution in [2.24, 2.45) is 0 Å². The topological polar surface area (TPSA) is 101 Å². The van der Waals surface area contributed by atoms with Crippen LogP contribution in [0.3, 0.4) is 0 Å². The molecule has 0 fully saturated rings. The van der Waals surface area contributed by atoms with Gasteiger partial charge in [-0.2, -0.15) is 0 Å². The van der Waals surface area contributed by atoms with E-state index >= 15 is 0 Å². The van der Waals surface area contributed by atoms with E-state index < -0.39 is 24.3 Å². The number of hydrazine groups is 1. The summed E-state index contributed by atoms with van der Waals surface area (Å²) in [6.45, 7) is 7.30. The first kappa shape index (κ1) is 21.5. The number of anilines is 1. The summed E-state index contributed by atoms with van der Waals surface area (Å²) in [6.07, 6.45) is -1.86. The van der Waals surface area contributed by atoms with Gasteiger partial charge in [0.25, 0.3) is 0 Å². The highest BCUT2D eigenvalue weighted by Crippen LogP contribution is 2.36. The van der Waals surface area contributed by atoms with Crippen molar-refractivity contribution in [2.45, 2.75) is 52.3 Å². The quantitative estimate of drug-likeness (QED) is 0.739. The maximum Gasteiger partial charge on any atom is 0.429 e. The third-order valence-electron chi connectivity index (χ3n) is 4.44. The maximum atomic E-state index is 12.8. The lowest BCUT2D eigenvalue weighted by molar-refractivity contribution is -0.0539. The van der Waals surface area contributed by atoms with Crippen LogP contribution in [0.15, 0.2) is 12.1 Å². The Balaban J connectivity index is 2.17. The van der Waals surface area contributed by atoms with Crippen molar-refractivity contribution >= 4 is 17.9 Å². The molecule has 9 heteroatoms. The van der Waals surface area contributed by atoms with Gasteiger partial charge in [-0.3, -0.25) is 0 Å². The number of hydrogen-bond donors (Lipinski definition) is 2. The number of nitrogens with zero attached hydrogens (tertiary/aromatic N) is 2. The summed E-state index contributed by atoms with van der Waals surface area (Å²) in [5.41, 5.74) is 1.82. The van der Waals surface area contributed by atoms with E-state index in [0.717, 1.165) is 21.3 Å². The molecule has 0 aliphatic carbocycles. The summed E-state index contributed by atoms with van der Waals surface area (Å²) in [4.78, 5) is 24.4. The minimum atomic E-state index is -1.20. The molecule has 0 saturated heterocycles. The number of hydrogen-bond acceptors (Lipinski definition) is 6. The number of fused-ring (bicyclic) bond motifs is 1. The van der Waals surface area contributed by atoms with Crippen LogP contribution in [-0.4, -0.2) is 66.3 Å². The van der Waals surface area contributed by atoms with Gasteiger partial charge in [-0.05, 0) is 39.3 Å². The molecule has 2 rings (SSSR count). The van der Waals surface area contributed by atoms with E-state index in [1.807, 2.05) is 12.1 Å². The van der Waals surface area contributed by atoms with Crippen LogP contribution in [-0.2, 0) is 11.2 Å². The van der Waals surface area contributed by atoms with Crippen LogP contribution in [0.5, 0.6) is 11.5 Å². The average molecular weight is 395 g/mol. The molecule has 1 aliphatic heterocycles. The molecule has 28 heavy (non-hydrogen) atoms. The zero-order valence-corrected chi connectivity index (χ0v) is 17.2. The lowest BCUT2D eigenvalue weighted by Gasteiger charge is -2.38. The van der Waals surface area contributed by atoms with Gasteiger partial charge in [-0.15, -0.1) is 0 Å². The number of carbonyl (C=O) groups is 2. The molecule has 0 bridgehead atoms. The summed E-state index contributed by atoms with van der Waals surface area (Å²) in [5, 5.41) is 14.8. The van der Waals surface area contributed by atoms with Crippen molar-refractivity contribution < 1.29 is 28.9 Å². The SMILES string of the molecule is COc1cc2c(cc1OC)NC[C@H](OC(=O)N(C(C)C)N(C(=O)O)C(C)C)C2. The minimum Gasteiger partial charge on any atom is -0.493 e. The first-order chi connectivity index (χ1) is 13.2. The van der Waals surface area contributed by atoms with E-state index in [9.17, 15) is 14.7 Å². The number of nitrogens with one attached hydrogen (secondary N) is 1. The third kappa shape index (κ3) is 4.52. The molecular weight excluding hydrogens is 366 g/mol. The Kier molecular flexibility index (Phi) is 6.82. The molecule has 1 aliphatic rings. The van der Waals surface area contributed by atoms with Gasteiger partial charge >= 0.3 is 12.2 Å². The molecule has 1 aromatic carbocycles. The molecule has 9 nitrogen and oxygen atoms in total. The Hall–Kier alpha value is -2.84. The summed E-state index contributed by atoms with van der Waals surface area (Å²) >= 11 is 0. The van der Waals surface area contributed by atoms with Crippen LogP contribution in [0.25, 0.3) is 0 Å². The van der Waals surface area contributed by atoms with Crippen molar-refractivity contribution in [3.05, 3.63) is 17.7 Å². The number of benzene rings is 1. The Bertz CT molecular complexity index is 722. The fourth-order valence-corrected chi connectivity index (χ4v) is 3.19. The van der Waals surface area contributed by atoms with Gasteiger partial charge in [-0.1, -0.05) is 0 Å². The second-order valence-corrected chi connectivity index (χ2v) is 7.11. The Morgan fingerprint density at radius 3 is 2.14 bits per heavy atom. The van der Waals surface area contributed by atoms with Crippen LogP contribution < -0.4 is 14.8 Å². The molecule has 0 spiro atoms. The molecule has 156 valence electrons. The van der Waals surface area contributed by atoms with Gasteiger partial charge in [0.2, 0.25) is 0 Å². The number of carbonyl (C=O) groups excluding carboxylic acids is 1. The van der Waals surface area contributed by atoms with E-state index in [0.29, 0.717) is 24.5 Å². The lowest BCUT2D eigenvalue weighted by atomic mass is 10.0.